The standard InChI is InChI=1S/C19H21NO4/c1-14(24-17-10-6-3-7-11-17)18(21)20-13-16(19(22)23)12-15-8-4-2-5-9-15/h2-11,14,16H,12-13H2,1H3,(H,20,21)(H,22,23). The van der Waals surface area contributed by atoms with Gasteiger partial charge in [0.25, 0.3) is 5.91 Å². The molecule has 0 spiro atoms. The van der Waals surface area contributed by atoms with Gasteiger partial charge >= 0.3 is 5.97 Å². The van der Waals surface area contributed by atoms with Crippen LogP contribution in [0.25, 0.3) is 0 Å². The molecule has 1 amide bonds. The molecule has 0 radical (unpaired) electrons. The average molecular weight is 327 g/mol. The third-order valence-electron chi connectivity index (χ3n) is 3.62. The number of carboxylic acid groups (broad SMARTS) is 1. The Morgan fingerprint density at radius 2 is 1.62 bits per heavy atom. The lowest BCUT2D eigenvalue weighted by Gasteiger charge is -2.17. The van der Waals surface area contributed by atoms with E-state index in [1.165, 1.54) is 0 Å². The monoisotopic (exact) mass is 327 g/mol. The third-order valence-corrected chi connectivity index (χ3v) is 3.62. The van der Waals surface area contributed by atoms with Crippen LogP contribution in [0.15, 0.2) is 60.7 Å². The van der Waals surface area contributed by atoms with Crippen molar-refractivity contribution < 1.29 is 19.4 Å². The molecule has 0 saturated carbocycles. The third kappa shape index (κ3) is 5.43. The summed E-state index contributed by atoms with van der Waals surface area (Å²) in [7, 11) is 0. The summed E-state index contributed by atoms with van der Waals surface area (Å²) in [4.78, 5) is 23.5. The highest BCUT2D eigenvalue weighted by atomic mass is 16.5. The number of hydrogen-bond donors (Lipinski definition) is 2. The summed E-state index contributed by atoms with van der Waals surface area (Å²) < 4.78 is 5.53. The van der Waals surface area contributed by atoms with Crippen LogP contribution in [0.2, 0.25) is 0 Å². The molecule has 2 N–H and O–H groups in total. The maximum atomic E-state index is 12.1. The number of hydrogen-bond acceptors (Lipinski definition) is 3. The summed E-state index contributed by atoms with van der Waals surface area (Å²) >= 11 is 0. The number of carboxylic acids is 1. The SMILES string of the molecule is CC(Oc1ccccc1)C(=O)NCC(Cc1ccccc1)C(=O)O. The molecule has 2 atom stereocenters. The molecule has 2 aromatic carbocycles. The lowest BCUT2D eigenvalue weighted by molar-refractivity contribution is -0.141. The van der Waals surface area contributed by atoms with Gasteiger partial charge in [0.05, 0.1) is 5.92 Å². The van der Waals surface area contributed by atoms with Crippen molar-refractivity contribution in [3.8, 4) is 5.75 Å². The Labute approximate surface area is 141 Å². The molecule has 0 aliphatic carbocycles. The van der Waals surface area contributed by atoms with E-state index >= 15 is 0 Å². The first-order valence-corrected chi connectivity index (χ1v) is 7.82. The lowest BCUT2D eigenvalue weighted by atomic mass is 9.99. The van der Waals surface area contributed by atoms with Gasteiger partial charge in [-0.2, -0.15) is 0 Å². The van der Waals surface area contributed by atoms with Gasteiger partial charge in [-0.25, -0.2) is 0 Å². The summed E-state index contributed by atoms with van der Waals surface area (Å²) in [5.41, 5.74) is 0.924. The van der Waals surface area contributed by atoms with Crippen molar-refractivity contribution in [3.05, 3.63) is 66.2 Å². The van der Waals surface area contributed by atoms with Gasteiger partial charge in [0.2, 0.25) is 0 Å². The van der Waals surface area contributed by atoms with Crippen LogP contribution in [0.1, 0.15) is 12.5 Å². The number of aliphatic carboxylic acids is 1. The van der Waals surface area contributed by atoms with Crippen LogP contribution in [0.3, 0.4) is 0 Å². The second-order valence-electron chi connectivity index (χ2n) is 5.54. The number of amides is 1. The Kier molecular flexibility index (Phi) is 6.37. The summed E-state index contributed by atoms with van der Waals surface area (Å²) in [5.74, 6) is -1.35. The molecular weight excluding hydrogens is 306 g/mol. The molecule has 126 valence electrons. The second-order valence-corrected chi connectivity index (χ2v) is 5.54. The normalized spacial score (nSPS) is 12.9. The van der Waals surface area contributed by atoms with Crippen molar-refractivity contribution in [2.75, 3.05) is 6.54 Å². The number of benzene rings is 2. The van der Waals surface area contributed by atoms with E-state index in [1.54, 1.807) is 19.1 Å². The number of nitrogens with one attached hydrogen (secondary N) is 1. The molecule has 0 aliphatic rings. The first kappa shape index (κ1) is 17.5. The van der Waals surface area contributed by atoms with E-state index < -0.39 is 18.0 Å². The van der Waals surface area contributed by atoms with Gasteiger partial charge in [-0.3, -0.25) is 9.59 Å². The number of carbonyl (C=O) groups is 2. The second kappa shape index (κ2) is 8.72. The Hall–Kier alpha value is -2.82. The molecule has 0 aliphatic heterocycles. The van der Waals surface area contributed by atoms with Gasteiger partial charge in [-0.05, 0) is 31.0 Å². The zero-order chi connectivity index (χ0) is 17.4. The Balaban J connectivity index is 1.86. The molecule has 5 heteroatoms. The number of ether oxygens (including phenoxy) is 1. The molecule has 0 fully saturated rings. The molecule has 2 rings (SSSR count). The van der Waals surface area contributed by atoms with E-state index in [4.69, 9.17) is 4.74 Å². The minimum absolute atomic E-state index is 0.0611. The largest absolute Gasteiger partial charge is 0.481 e. The van der Waals surface area contributed by atoms with Gasteiger partial charge in [0.15, 0.2) is 6.10 Å². The van der Waals surface area contributed by atoms with Crippen molar-refractivity contribution in [3.63, 3.8) is 0 Å². The summed E-state index contributed by atoms with van der Waals surface area (Å²) in [6.07, 6.45) is -0.330. The van der Waals surface area contributed by atoms with Crippen LogP contribution < -0.4 is 10.1 Å². The number of carbonyl (C=O) groups excluding carboxylic acids is 1. The van der Waals surface area contributed by atoms with E-state index in [2.05, 4.69) is 5.32 Å². The minimum Gasteiger partial charge on any atom is -0.481 e. The van der Waals surface area contributed by atoms with Crippen LogP contribution in [0.5, 0.6) is 5.75 Å². The van der Waals surface area contributed by atoms with E-state index in [9.17, 15) is 14.7 Å². The van der Waals surface area contributed by atoms with Crippen LogP contribution in [0, 0.1) is 5.92 Å². The molecule has 5 nitrogen and oxygen atoms in total. The molecule has 2 aromatic rings. The maximum absolute atomic E-state index is 12.1. The highest BCUT2D eigenvalue weighted by Crippen LogP contribution is 2.11. The van der Waals surface area contributed by atoms with Gasteiger partial charge in [0, 0.05) is 6.54 Å². The first-order chi connectivity index (χ1) is 11.6. The van der Waals surface area contributed by atoms with E-state index in [-0.39, 0.29) is 12.5 Å². The van der Waals surface area contributed by atoms with Crippen LogP contribution in [-0.2, 0) is 16.0 Å². The zero-order valence-corrected chi connectivity index (χ0v) is 13.5. The fourth-order valence-electron chi connectivity index (χ4n) is 2.27. The molecule has 2 unspecified atom stereocenters. The van der Waals surface area contributed by atoms with Gasteiger partial charge in [0.1, 0.15) is 5.75 Å². The van der Waals surface area contributed by atoms with E-state index in [0.717, 1.165) is 5.56 Å². The molecule has 0 bridgehead atoms. The topological polar surface area (TPSA) is 75.6 Å². The number of rotatable bonds is 8. The highest BCUT2D eigenvalue weighted by molar-refractivity contribution is 5.81. The van der Waals surface area contributed by atoms with Crippen LogP contribution >= 0.6 is 0 Å². The van der Waals surface area contributed by atoms with Crippen molar-refractivity contribution in [1.82, 2.24) is 5.32 Å². The predicted molar refractivity (Wildman–Crippen MR) is 90.8 cm³/mol. The molecule has 0 heterocycles. The van der Waals surface area contributed by atoms with Crippen molar-refractivity contribution >= 4 is 11.9 Å². The molecular formula is C19H21NO4. The smallest absolute Gasteiger partial charge is 0.308 e. The van der Waals surface area contributed by atoms with Gasteiger partial charge in [-0.1, -0.05) is 48.5 Å². The summed E-state index contributed by atoms with van der Waals surface area (Å²) in [6, 6.07) is 18.4. The first-order valence-electron chi connectivity index (χ1n) is 7.82. The Morgan fingerprint density at radius 3 is 2.21 bits per heavy atom. The van der Waals surface area contributed by atoms with Crippen molar-refractivity contribution in [2.24, 2.45) is 5.92 Å². The van der Waals surface area contributed by atoms with Crippen molar-refractivity contribution in [1.29, 1.82) is 0 Å². The fourth-order valence-corrected chi connectivity index (χ4v) is 2.27. The van der Waals surface area contributed by atoms with Crippen molar-refractivity contribution in [2.45, 2.75) is 19.4 Å². The highest BCUT2D eigenvalue weighted by Gasteiger charge is 2.21. The number of para-hydroxylation sites is 1. The average Bonchev–Trinajstić information content (AvgIpc) is 2.59. The fraction of sp³-hybridized carbons (Fsp3) is 0.263. The summed E-state index contributed by atoms with van der Waals surface area (Å²) in [5, 5.41) is 12.0. The predicted octanol–water partition coefficient (Wildman–Crippen LogP) is 2.51. The van der Waals surface area contributed by atoms with Gasteiger partial charge in [-0.15, -0.1) is 0 Å². The molecule has 24 heavy (non-hydrogen) atoms. The minimum atomic E-state index is -0.934. The summed E-state index contributed by atoms with van der Waals surface area (Å²) in [6.45, 7) is 1.70. The van der Waals surface area contributed by atoms with Crippen LogP contribution in [0.4, 0.5) is 0 Å². The molecule has 0 aromatic heterocycles. The zero-order valence-electron chi connectivity index (χ0n) is 13.5. The molecule has 0 saturated heterocycles. The Bertz CT molecular complexity index is 658. The van der Waals surface area contributed by atoms with E-state index in [1.807, 2.05) is 48.5 Å². The van der Waals surface area contributed by atoms with Crippen LogP contribution in [-0.4, -0.2) is 29.6 Å². The quantitative estimate of drug-likeness (QED) is 0.781. The van der Waals surface area contributed by atoms with E-state index in [0.29, 0.717) is 12.2 Å². The lowest BCUT2D eigenvalue weighted by Crippen LogP contribution is -2.40. The van der Waals surface area contributed by atoms with Gasteiger partial charge < -0.3 is 15.2 Å². The Morgan fingerprint density at radius 1 is 1.04 bits per heavy atom. The maximum Gasteiger partial charge on any atom is 0.308 e.